The lowest BCUT2D eigenvalue weighted by Gasteiger charge is -2.39. The first-order chi connectivity index (χ1) is 14.4. The van der Waals surface area contributed by atoms with Crippen LogP contribution in [0.5, 0.6) is 0 Å². The van der Waals surface area contributed by atoms with Gasteiger partial charge in [-0.2, -0.15) is 13.1 Å². The summed E-state index contributed by atoms with van der Waals surface area (Å²) in [5.74, 6) is -0.0178. The maximum atomic E-state index is 13.3. The molecule has 10 heteroatoms. The van der Waals surface area contributed by atoms with Gasteiger partial charge in [0.15, 0.2) is 0 Å². The van der Waals surface area contributed by atoms with Crippen LogP contribution in [0, 0.1) is 0 Å². The maximum absolute atomic E-state index is 13.3. The number of carbonyl (C=O) groups is 1. The van der Waals surface area contributed by atoms with E-state index in [2.05, 4.69) is 13.6 Å². The van der Waals surface area contributed by atoms with Crippen LogP contribution >= 0.6 is 11.7 Å². The molecule has 8 nitrogen and oxygen atoms in total. The zero-order valence-electron chi connectivity index (χ0n) is 16.8. The highest BCUT2D eigenvalue weighted by Crippen LogP contribution is 2.28. The van der Waals surface area contributed by atoms with Crippen molar-refractivity contribution in [1.82, 2.24) is 22.9 Å². The van der Waals surface area contributed by atoms with Crippen molar-refractivity contribution in [2.45, 2.75) is 10.9 Å². The van der Waals surface area contributed by atoms with Gasteiger partial charge in [0, 0.05) is 40.3 Å². The van der Waals surface area contributed by atoms with Crippen LogP contribution in [0.1, 0.15) is 11.6 Å². The number of rotatable bonds is 5. The monoisotopic (exact) mass is 445 g/mol. The lowest BCUT2D eigenvalue weighted by atomic mass is 10.0. The molecule has 0 saturated carbocycles. The standard InChI is InChI=1S/C20H23N5O3S2/c1-23(2)20(26)19(15-7-4-3-5-8-15)24-11-13-25(14-12-24)30(27,28)17-10-6-9-16-18(17)22-29-21-16/h3-10,19H,11-14H2,1-2H3. The minimum Gasteiger partial charge on any atom is -0.347 e. The zero-order chi connectivity index (χ0) is 21.3. The fraction of sp³-hybridized carbons (Fsp3) is 0.350. The van der Waals surface area contributed by atoms with Gasteiger partial charge in [-0.05, 0) is 17.7 Å². The molecule has 3 aromatic rings. The van der Waals surface area contributed by atoms with E-state index in [0.717, 1.165) is 17.3 Å². The van der Waals surface area contributed by atoms with Crippen molar-refractivity contribution >= 4 is 38.7 Å². The summed E-state index contributed by atoms with van der Waals surface area (Å²) in [6.07, 6.45) is 0. The van der Waals surface area contributed by atoms with Gasteiger partial charge in [-0.25, -0.2) is 8.42 Å². The van der Waals surface area contributed by atoms with Crippen molar-refractivity contribution in [2.75, 3.05) is 40.3 Å². The van der Waals surface area contributed by atoms with Gasteiger partial charge in [0.25, 0.3) is 0 Å². The minimum atomic E-state index is -3.69. The molecule has 1 aliphatic rings. The molecular formula is C20H23N5O3S2. The van der Waals surface area contributed by atoms with Gasteiger partial charge in [-0.3, -0.25) is 9.69 Å². The fourth-order valence-corrected chi connectivity index (χ4v) is 5.89. The quantitative estimate of drug-likeness (QED) is 0.596. The Labute approximate surface area is 180 Å². The molecule has 1 atom stereocenters. The van der Waals surface area contributed by atoms with E-state index in [1.807, 2.05) is 30.3 Å². The Morgan fingerprint density at radius 3 is 2.37 bits per heavy atom. The van der Waals surface area contributed by atoms with Gasteiger partial charge in [0.1, 0.15) is 22.0 Å². The molecule has 0 spiro atoms. The molecule has 1 aliphatic heterocycles. The van der Waals surface area contributed by atoms with Crippen LogP contribution in [0.2, 0.25) is 0 Å². The van der Waals surface area contributed by atoms with Crippen molar-refractivity contribution < 1.29 is 13.2 Å². The molecule has 2 aromatic carbocycles. The number of fused-ring (bicyclic) bond motifs is 1. The number of amides is 1. The van der Waals surface area contributed by atoms with Gasteiger partial charge in [-0.15, -0.1) is 0 Å². The number of hydrogen-bond donors (Lipinski definition) is 0. The van der Waals surface area contributed by atoms with E-state index in [1.54, 1.807) is 37.2 Å². The first-order valence-corrected chi connectivity index (χ1v) is 11.8. The molecule has 0 radical (unpaired) electrons. The second kappa shape index (κ2) is 8.38. The zero-order valence-corrected chi connectivity index (χ0v) is 18.4. The molecule has 2 heterocycles. The summed E-state index contributed by atoms with van der Waals surface area (Å²) >= 11 is 1.00. The average Bonchev–Trinajstić information content (AvgIpc) is 3.24. The maximum Gasteiger partial charge on any atom is 0.245 e. The van der Waals surface area contributed by atoms with Crippen molar-refractivity contribution in [3.8, 4) is 0 Å². The summed E-state index contributed by atoms with van der Waals surface area (Å²) in [7, 11) is -0.218. The van der Waals surface area contributed by atoms with Crippen LogP contribution in [0.15, 0.2) is 53.4 Å². The molecule has 0 bridgehead atoms. The van der Waals surface area contributed by atoms with Crippen molar-refractivity contribution in [1.29, 1.82) is 0 Å². The summed E-state index contributed by atoms with van der Waals surface area (Å²) in [4.78, 5) is 16.7. The number of carbonyl (C=O) groups excluding carboxylic acids is 1. The minimum absolute atomic E-state index is 0.0178. The number of sulfonamides is 1. The Morgan fingerprint density at radius 2 is 1.70 bits per heavy atom. The van der Waals surface area contributed by atoms with Crippen LogP contribution in [-0.4, -0.2) is 77.5 Å². The molecule has 1 amide bonds. The number of aromatic nitrogens is 2. The predicted octanol–water partition coefficient (Wildman–Crippen LogP) is 1.83. The van der Waals surface area contributed by atoms with Gasteiger partial charge in [0.05, 0.1) is 11.7 Å². The highest BCUT2D eigenvalue weighted by atomic mass is 32.2. The normalized spacial score (nSPS) is 17.1. The summed E-state index contributed by atoms with van der Waals surface area (Å²) in [6, 6.07) is 14.2. The SMILES string of the molecule is CN(C)C(=O)C(c1ccccc1)N1CCN(S(=O)(=O)c2cccc3nsnc23)CC1. The Balaban J connectivity index is 1.56. The van der Waals surface area contributed by atoms with Crippen molar-refractivity contribution in [2.24, 2.45) is 0 Å². The van der Waals surface area contributed by atoms with E-state index >= 15 is 0 Å². The molecule has 0 aliphatic carbocycles. The molecule has 4 rings (SSSR count). The number of hydrogen-bond acceptors (Lipinski definition) is 7. The molecule has 1 aromatic heterocycles. The largest absolute Gasteiger partial charge is 0.347 e. The predicted molar refractivity (Wildman–Crippen MR) is 116 cm³/mol. The summed E-state index contributed by atoms with van der Waals surface area (Å²) in [5.41, 5.74) is 1.90. The van der Waals surface area contributed by atoms with Gasteiger partial charge >= 0.3 is 0 Å². The van der Waals surface area contributed by atoms with Crippen LogP contribution in [0.4, 0.5) is 0 Å². The highest BCUT2D eigenvalue weighted by Gasteiger charge is 2.35. The summed E-state index contributed by atoms with van der Waals surface area (Å²) in [6.45, 7) is 1.54. The fourth-order valence-electron chi connectivity index (χ4n) is 3.72. The molecule has 1 saturated heterocycles. The first kappa shape index (κ1) is 20.9. The molecule has 0 N–H and O–H groups in total. The molecule has 1 fully saturated rings. The van der Waals surface area contributed by atoms with Crippen LogP contribution in [-0.2, 0) is 14.8 Å². The van der Waals surface area contributed by atoms with Crippen LogP contribution in [0.3, 0.4) is 0 Å². The Morgan fingerprint density at radius 1 is 1.00 bits per heavy atom. The summed E-state index contributed by atoms with van der Waals surface area (Å²) in [5, 5.41) is 0. The van der Waals surface area contributed by atoms with Crippen LogP contribution < -0.4 is 0 Å². The van der Waals surface area contributed by atoms with Crippen molar-refractivity contribution in [3.63, 3.8) is 0 Å². The lowest BCUT2D eigenvalue weighted by Crippen LogP contribution is -2.52. The third-order valence-corrected chi connectivity index (χ3v) is 7.77. The Hall–Kier alpha value is -2.40. The van der Waals surface area contributed by atoms with E-state index in [1.165, 1.54) is 4.31 Å². The number of benzene rings is 2. The molecule has 158 valence electrons. The Bertz CT molecular complexity index is 1140. The van der Waals surface area contributed by atoms with Crippen molar-refractivity contribution in [3.05, 3.63) is 54.1 Å². The first-order valence-electron chi connectivity index (χ1n) is 9.61. The van der Waals surface area contributed by atoms with E-state index < -0.39 is 16.1 Å². The third-order valence-electron chi connectivity index (χ3n) is 5.30. The van der Waals surface area contributed by atoms with E-state index in [4.69, 9.17) is 0 Å². The van der Waals surface area contributed by atoms with E-state index in [9.17, 15) is 13.2 Å². The smallest absolute Gasteiger partial charge is 0.245 e. The second-order valence-electron chi connectivity index (χ2n) is 7.37. The number of nitrogens with zero attached hydrogens (tertiary/aromatic N) is 5. The Kier molecular flexibility index (Phi) is 5.83. The average molecular weight is 446 g/mol. The molecule has 1 unspecified atom stereocenters. The van der Waals surface area contributed by atoms with Gasteiger partial charge in [-0.1, -0.05) is 36.4 Å². The van der Waals surface area contributed by atoms with Gasteiger partial charge in [0.2, 0.25) is 15.9 Å². The molecule has 30 heavy (non-hydrogen) atoms. The van der Waals surface area contributed by atoms with Crippen LogP contribution in [0.25, 0.3) is 11.0 Å². The lowest BCUT2D eigenvalue weighted by molar-refractivity contribution is -0.135. The number of piperazine rings is 1. The number of likely N-dealkylation sites (N-methyl/N-ethyl adjacent to an activating group) is 1. The highest BCUT2D eigenvalue weighted by molar-refractivity contribution is 7.89. The van der Waals surface area contributed by atoms with E-state index in [-0.39, 0.29) is 10.8 Å². The summed E-state index contributed by atoms with van der Waals surface area (Å²) < 4.78 is 36.3. The second-order valence-corrected chi connectivity index (χ2v) is 9.81. The third kappa shape index (κ3) is 3.83. The topological polar surface area (TPSA) is 86.7 Å². The van der Waals surface area contributed by atoms with Gasteiger partial charge < -0.3 is 4.90 Å². The van der Waals surface area contributed by atoms with E-state index in [0.29, 0.717) is 37.2 Å². The molecular weight excluding hydrogens is 422 g/mol.